The Labute approximate surface area is 142 Å². The topological polar surface area (TPSA) is 89.8 Å². The molecule has 0 aliphatic carbocycles. The average Bonchev–Trinajstić information content (AvgIpc) is 2.53. The number of carbonyl (C=O) groups excluding carboxylic acids is 2. The van der Waals surface area contributed by atoms with Gasteiger partial charge >= 0.3 is 0 Å². The van der Waals surface area contributed by atoms with Gasteiger partial charge < -0.3 is 0 Å². The van der Waals surface area contributed by atoms with E-state index < -0.39 is 15.8 Å². The lowest BCUT2D eigenvalue weighted by atomic mass is 10.0. The minimum Gasteiger partial charge on any atom is -0.298 e. The van der Waals surface area contributed by atoms with E-state index in [0.717, 1.165) is 17.9 Å². The normalized spacial score (nSPS) is 13.2. The van der Waals surface area contributed by atoms with E-state index in [0.29, 0.717) is 18.6 Å². The second kappa shape index (κ2) is 9.36. The predicted octanol–water partition coefficient (Wildman–Crippen LogP) is 3.18. The summed E-state index contributed by atoms with van der Waals surface area (Å²) in [6.07, 6.45) is 2.14. The molecule has 0 aliphatic rings. The number of nitro groups is 1. The fourth-order valence-electron chi connectivity index (χ4n) is 1.97. The standard InChI is InChI=1S/C15H19BrN2O5/c1-3-4-9-23-17(10-19)15(11(2)20)14(16)12-5-7-13(8-6-12)18(21)22/h5-8,10,14-15H,3-4,9H2,1-2H3. The summed E-state index contributed by atoms with van der Waals surface area (Å²) < 4.78 is 0. The Hall–Kier alpha value is -1.80. The molecule has 8 heteroatoms. The van der Waals surface area contributed by atoms with E-state index in [9.17, 15) is 19.7 Å². The first-order chi connectivity index (χ1) is 10.9. The molecule has 0 spiro atoms. The van der Waals surface area contributed by atoms with Gasteiger partial charge in [0, 0.05) is 12.1 Å². The number of hydrogen-bond acceptors (Lipinski definition) is 5. The van der Waals surface area contributed by atoms with Crippen LogP contribution in [0, 0.1) is 10.1 Å². The summed E-state index contributed by atoms with van der Waals surface area (Å²) >= 11 is 3.39. The Balaban J connectivity index is 2.96. The highest BCUT2D eigenvalue weighted by molar-refractivity contribution is 9.09. The van der Waals surface area contributed by atoms with Crippen molar-refractivity contribution < 1.29 is 19.3 Å². The molecule has 2 atom stereocenters. The minimum absolute atomic E-state index is 0.0423. The van der Waals surface area contributed by atoms with Crippen molar-refractivity contribution in [1.82, 2.24) is 5.06 Å². The number of hydroxylamine groups is 2. The lowest BCUT2D eigenvalue weighted by Gasteiger charge is -2.29. The first-order valence-electron chi connectivity index (χ1n) is 7.17. The van der Waals surface area contributed by atoms with Gasteiger partial charge in [-0.3, -0.25) is 24.5 Å². The van der Waals surface area contributed by atoms with Gasteiger partial charge in [-0.2, -0.15) is 0 Å². The highest BCUT2D eigenvalue weighted by atomic mass is 79.9. The van der Waals surface area contributed by atoms with Gasteiger partial charge in [0.2, 0.25) is 6.41 Å². The van der Waals surface area contributed by atoms with Crippen molar-refractivity contribution in [3.05, 3.63) is 39.9 Å². The van der Waals surface area contributed by atoms with Gasteiger partial charge in [0.25, 0.3) is 5.69 Å². The third-order valence-corrected chi connectivity index (χ3v) is 4.26. The molecule has 0 aliphatic heterocycles. The molecule has 0 bridgehead atoms. The van der Waals surface area contributed by atoms with E-state index in [1.165, 1.54) is 19.1 Å². The van der Waals surface area contributed by atoms with Gasteiger partial charge in [0.05, 0.1) is 16.4 Å². The molecule has 0 radical (unpaired) electrons. The maximum atomic E-state index is 11.9. The summed E-state index contributed by atoms with van der Waals surface area (Å²) in [6, 6.07) is 4.93. The summed E-state index contributed by atoms with van der Waals surface area (Å²) in [6.45, 7) is 3.68. The van der Waals surface area contributed by atoms with Crippen LogP contribution in [0.25, 0.3) is 0 Å². The van der Waals surface area contributed by atoms with E-state index in [1.807, 2.05) is 6.92 Å². The number of alkyl halides is 1. The SMILES string of the molecule is CCCCON(C=O)C(C(C)=O)C(Br)c1ccc([N+](=O)[O-])cc1. The van der Waals surface area contributed by atoms with Crippen LogP contribution < -0.4 is 0 Å². The zero-order chi connectivity index (χ0) is 17.4. The number of hydrogen-bond donors (Lipinski definition) is 0. The van der Waals surface area contributed by atoms with E-state index >= 15 is 0 Å². The Kier molecular flexibility index (Phi) is 7.84. The zero-order valence-electron chi connectivity index (χ0n) is 13.0. The van der Waals surface area contributed by atoms with Gasteiger partial charge in [-0.05, 0) is 18.9 Å². The molecule has 2 unspecified atom stereocenters. The number of nitrogens with zero attached hydrogens (tertiary/aromatic N) is 2. The maximum absolute atomic E-state index is 11.9. The second-order valence-corrected chi connectivity index (χ2v) is 5.94. The number of unbranched alkanes of at least 4 members (excludes halogenated alkanes) is 1. The van der Waals surface area contributed by atoms with Gasteiger partial charge in [0.15, 0.2) is 5.78 Å². The highest BCUT2D eigenvalue weighted by Gasteiger charge is 2.31. The van der Waals surface area contributed by atoms with Crippen LogP contribution >= 0.6 is 15.9 Å². The number of rotatable bonds is 10. The molecule has 0 fully saturated rings. The lowest BCUT2D eigenvalue weighted by Crippen LogP contribution is -2.42. The predicted molar refractivity (Wildman–Crippen MR) is 88.0 cm³/mol. The fraction of sp³-hybridized carbons (Fsp3) is 0.467. The molecule has 1 rings (SSSR count). The van der Waals surface area contributed by atoms with Gasteiger partial charge in [-0.15, -0.1) is 0 Å². The Morgan fingerprint density at radius 3 is 2.48 bits per heavy atom. The zero-order valence-corrected chi connectivity index (χ0v) is 14.6. The van der Waals surface area contributed by atoms with Crippen molar-refractivity contribution >= 4 is 33.8 Å². The molecule has 126 valence electrons. The number of non-ortho nitro benzene ring substituents is 1. The van der Waals surface area contributed by atoms with Gasteiger partial charge in [-0.1, -0.05) is 41.4 Å². The molecular weight excluding hydrogens is 368 g/mol. The number of nitro benzene ring substituents is 1. The summed E-state index contributed by atoms with van der Waals surface area (Å²) in [7, 11) is 0. The molecule has 0 heterocycles. The van der Waals surface area contributed by atoms with Crippen LogP contribution in [0.2, 0.25) is 0 Å². The van der Waals surface area contributed by atoms with Crippen LogP contribution in [-0.4, -0.2) is 34.8 Å². The van der Waals surface area contributed by atoms with Crippen LogP contribution in [0.5, 0.6) is 0 Å². The van der Waals surface area contributed by atoms with Gasteiger partial charge in [-0.25, -0.2) is 5.06 Å². The molecular formula is C15H19BrN2O5. The molecule has 0 aromatic heterocycles. The second-order valence-electron chi connectivity index (χ2n) is 4.96. The number of ketones is 1. The molecule has 1 amide bonds. The van der Waals surface area contributed by atoms with Crippen LogP contribution in [-0.2, 0) is 14.4 Å². The molecule has 23 heavy (non-hydrogen) atoms. The number of carbonyl (C=O) groups is 2. The van der Waals surface area contributed by atoms with Crippen molar-refractivity contribution in [2.75, 3.05) is 6.61 Å². The minimum atomic E-state index is -0.856. The summed E-state index contributed by atoms with van der Waals surface area (Å²) in [5.41, 5.74) is 0.598. The van der Waals surface area contributed by atoms with Crippen molar-refractivity contribution in [3.63, 3.8) is 0 Å². The van der Waals surface area contributed by atoms with Gasteiger partial charge in [0.1, 0.15) is 6.04 Å². The molecule has 0 saturated heterocycles. The van der Waals surface area contributed by atoms with Crippen molar-refractivity contribution in [2.45, 2.75) is 37.6 Å². The highest BCUT2D eigenvalue weighted by Crippen LogP contribution is 2.31. The maximum Gasteiger partial charge on any atom is 0.269 e. The number of Topliss-reactive ketones (excluding diaryl/α,β-unsaturated/α-hetero) is 1. The van der Waals surface area contributed by atoms with Crippen molar-refractivity contribution in [3.8, 4) is 0 Å². The first kappa shape index (κ1) is 19.2. The van der Waals surface area contributed by atoms with E-state index in [1.54, 1.807) is 12.1 Å². The quantitative estimate of drug-likeness (QED) is 0.202. The molecule has 0 N–H and O–H groups in total. The fourth-order valence-corrected chi connectivity index (χ4v) is 2.88. The van der Waals surface area contributed by atoms with Crippen molar-refractivity contribution in [2.24, 2.45) is 0 Å². The summed E-state index contributed by atoms with van der Waals surface area (Å²) in [5.74, 6) is -0.256. The van der Waals surface area contributed by atoms with Crippen LogP contribution in [0.15, 0.2) is 24.3 Å². The lowest BCUT2D eigenvalue weighted by molar-refractivity contribution is -0.384. The van der Waals surface area contributed by atoms with Crippen LogP contribution in [0.3, 0.4) is 0 Å². The van der Waals surface area contributed by atoms with Crippen molar-refractivity contribution in [1.29, 1.82) is 0 Å². The first-order valence-corrected chi connectivity index (χ1v) is 8.09. The summed E-state index contributed by atoms with van der Waals surface area (Å²) in [4.78, 5) is 38.2. The number of halogens is 1. The van der Waals surface area contributed by atoms with Crippen LogP contribution in [0.4, 0.5) is 5.69 Å². The largest absolute Gasteiger partial charge is 0.298 e. The monoisotopic (exact) mass is 386 g/mol. The third-order valence-electron chi connectivity index (χ3n) is 3.23. The Bertz CT molecular complexity index is 549. The Morgan fingerprint density at radius 2 is 2.04 bits per heavy atom. The smallest absolute Gasteiger partial charge is 0.269 e. The number of benzene rings is 1. The van der Waals surface area contributed by atoms with Crippen LogP contribution in [0.1, 0.15) is 37.1 Å². The molecule has 7 nitrogen and oxygen atoms in total. The summed E-state index contributed by atoms with van der Waals surface area (Å²) in [5, 5.41) is 11.7. The Morgan fingerprint density at radius 1 is 1.43 bits per heavy atom. The molecule has 1 aromatic carbocycles. The van der Waals surface area contributed by atoms with E-state index in [2.05, 4.69) is 15.9 Å². The average molecular weight is 387 g/mol. The van der Waals surface area contributed by atoms with E-state index in [4.69, 9.17) is 4.84 Å². The van der Waals surface area contributed by atoms with E-state index in [-0.39, 0.29) is 11.5 Å². The molecule has 1 aromatic rings. The number of amides is 1. The molecule has 0 saturated carbocycles. The third kappa shape index (κ3) is 5.40.